The molecule has 4 fully saturated rings. The van der Waals surface area contributed by atoms with E-state index in [1.165, 1.54) is 0 Å². The second-order valence-corrected chi connectivity index (χ2v) is 11.1. The average molecular weight is 401 g/mol. The van der Waals surface area contributed by atoms with Gasteiger partial charge >= 0.3 is 5.97 Å². The van der Waals surface area contributed by atoms with Crippen molar-refractivity contribution in [2.45, 2.75) is 85.0 Å². The SMILES string of the molecule is C=CCCCOC(=O)[C@]1(C)CCC[C@@]2(C)[C@@H]3CC[C@@]4(C)C[C@]3(CC[C@@H]21)C(=O)C4=O. The van der Waals surface area contributed by atoms with Crippen molar-refractivity contribution < 1.29 is 19.1 Å². The highest BCUT2D eigenvalue weighted by atomic mass is 16.5. The fourth-order valence-electron chi connectivity index (χ4n) is 8.10. The number of fused-ring (bicyclic) bond motifs is 3. The van der Waals surface area contributed by atoms with Crippen molar-refractivity contribution in [1.82, 2.24) is 0 Å². The lowest BCUT2D eigenvalue weighted by Crippen LogP contribution is -2.60. The highest BCUT2D eigenvalue weighted by molar-refractivity contribution is 6.43. The van der Waals surface area contributed by atoms with E-state index < -0.39 is 16.2 Å². The molecule has 1 spiro atoms. The summed E-state index contributed by atoms with van der Waals surface area (Å²) in [6.07, 6.45) is 10.5. The molecule has 0 N–H and O–H groups in total. The van der Waals surface area contributed by atoms with Crippen molar-refractivity contribution in [1.29, 1.82) is 0 Å². The molecular weight excluding hydrogens is 364 g/mol. The van der Waals surface area contributed by atoms with Crippen LogP contribution in [-0.2, 0) is 19.1 Å². The minimum atomic E-state index is -0.491. The van der Waals surface area contributed by atoms with Gasteiger partial charge in [0.15, 0.2) is 0 Å². The number of carbonyl (C=O) groups excluding carboxylic acids is 3. The third kappa shape index (κ3) is 2.73. The highest BCUT2D eigenvalue weighted by Gasteiger charge is 2.71. The lowest BCUT2D eigenvalue weighted by atomic mass is 9.40. The summed E-state index contributed by atoms with van der Waals surface area (Å²) in [7, 11) is 0. The maximum absolute atomic E-state index is 13.2. The van der Waals surface area contributed by atoms with Crippen molar-refractivity contribution in [3.05, 3.63) is 12.7 Å². The molecule has 4 rings (SSSR count). The molecule has 6 atom stereocenters. The number of allylic oxidation sites excluding steroid dienone is 1. The number of rotatable bonds is 5. The van der Waals surface area contributed by atoms with Crippen LogP contribution < -0.4 is 0 Å². The molecule has 4 aliphatic carbocycles. The van der Waals surface area contributed by atoms with Gasteiger partial charge in [0.1, 0.15) is 0 Å². The molecule has 2 bridgehead atoms. The monoisotopic (exact) mass is 400 g/mol. The van der Waals surface area contributed by atoms with E-state index in [2.05, 4.69) is 20.4 Å². The van der Waals surface area contributed by atoms with Gasteiger partial charge in [0.05, 0.1) is 12.0 Å². The van der Waals surface area contributed by atoms with E-state index in [9.17, 15) is 14.4 Å². The molecule has 0 aromatic heterocycles. The van der Waals surface area contributed by atoms with Gasteiger partial charge in [-0.3, -0.25) is 14.4 Å². The first-order chi connectivity index (χ1) is 13.6. The van der Waals surface area contributed by atoms with E-state index in [1.54, 1.807) is 0 Å². The summed E-state index contributed by atoms with van der Waals surface area (Å²) in [4.78, 5) is 39.2. The maximum Gasteiger partial charge on any atom is 0.312 e. The molecule has 4 aliphatic rings. The normalized spacial score (nSPS) is 46.0. The first-order valence-corrected chi connectivity index (χ1v) is 11.5. The minimum absolute atomic E-state index is 0.0668. The Labute approximate surface area is 174 Å². The Kier molecular flexibility index (Phi) is 4.87. The number of hydrogen-bond acceptors (Lipinski definition) is 4. The molecule has 29 heavy (non-hydrogen) atoms. The van der Waals surface area contributed by atoms with Gasteiger partial charge in [0.25, 0.3) is 0 Å². The number of ketones is 2. The zero-order valence-electron chi connectivity index (χ0n) is 18.4. The van der Waals surface area contributed by atoms with Gasteiger partial charge in [-0.25, -0.2) is 0 Å². The first kappa shape index (κ1) is 20.8. The second-order valence-electron chi connectivity index (χ2n) is 11.1. The molecule has 0 aliphatic heterocycles. The van der Waals surface area contributed by atoms with Crippen LogP contribution in [0.4, 0.5) is 0 Å². The summed E-state index contributed by atoms with van der Waals surface area (Å²) in [5, 5.41) is 0. The Hall–Kier alpha value is -1.45. The molecule has 0 aromatic carbocycles. The van der Waals surface area contributed by atoms with Gasteiger partial charge in [-0.2, -0.15) is 0 Å². The van der Waals surface area contributed by atoms with E-state index in [4.69, 9.17) is 4.74 Å². The van der Waals surface area contributed by atoms with Crippen molar-refractivity contribution >= 4 is 17.5 Å². The molecule has 0 radical (unpaired) electrons. The largest absolute Gasteiger partial charge is 0.465 e. The Morgan fingerprint density at radius 2 is 1.79 bits per heavy atom. The van der Waals surface area contributed by atoms with E-state index in [0.717, 1.165) is 64.2 Å². The third-order valence-electron chi connectivity index (χ3n) is 9.47. The van der Waals surface area contributed by atoms with Gasteiger partial charge < -0.3 is 4.74 Å². The summed E-state index contributed by atoms with van der Waals surface area (Å²) in [6, 6.07) is 0. The highest BCUT2D eigenvalue weighted by Crippen LogP contribution is 2.72. The van der Waals surface area contributed by atoms with Crippen LogP contribution in [0.15, 0.2) is 12.7 Å². The molecule has 0 heterocycles. The quantitative estimate of drug-likeness (QED) is 0.280. The lowest BCUT2D eigenvalue weighted by Gasteiger charge is -2.63. The Bertz CT molecular complexity index is 756. The number of carbonyl (C=O) groups is 3. The van der Waals surface area contributed by atoms with Crippen molar-refractivity contribution in [3.8, 4) is 0 Å². The van der Waals surface area contributed by atoms with Crippen LogP contribution in [0, 0.1) is 33.5 Å². The predicted octanol–water partition coefficient (Wildman–Crippen LogP) is 5.05. The molecule has 0 amide bonds. The van der Waals surface area contributed by atoms with Gasteiger partial charge in [-0.15, -0.1) is 6.58 Å². The van der Waals surface area contributed by atoms with E-state index >= 15 is 0 Å². The van der Waals surface area contributed by atoms with Crippen molar-refractivity contribution in [3.63, 3.8) is 0 Å². The van der Waals surface area contributed by atoms with Crippen LogP contribution in [-0.4, -0.2) is 24.1 Å². The Morgan fingerprint density at radius 1 is 1.07 bits per heavy atom. The fourth-order valence-corrected chi connectivity index (χ4v) is 8.10. The van der Waals surface area contributed by atoms with E-state index in [0.29, 0.717) is 6.61 Å². The third-order valence-corrected chi connectivity index (χ3v) is 9.47. The van der Waals surface area contributed by atoms with Crippen molar-refractivity contribution in [2.24, 2.45) is 33.5 Å². The molecule has 0 unspecified atom stereocenters. The number of unbranched alkanes of at least 4 members (excludes halogenated alkanes) is 1. The van der Waals surface area contributed by atoms with Crippen LogP contribution in [0.2, 0.25) is 0 Å². The minimum Gasteiger partial charge on any atom is -0.465 e. The van der Waals surface area contributed by atoms with Gasteiger partial charge in [-0.05, 0) is 82.0 Å². The zero-order chi connectivity index (χ0) is 21.1. The Morgan fingerprint density at radius 3 is 2.52 bits per heavy atom. The fraction of sp³-hybridized carbons (Fsp3) is 0.800. The second kappa shape index (κ2) is 6.78. The van der Waals surface area contributed by atoms with Crippen LogP contribution in [0.3, 0.4) is 0 Å². The number of hydrogen-bond donors (Lipinski definition) is 0. The van der Waals surface area contributed by atoms with Gasteiger partial charge in [0.2, 0.25) is 11.6 Å². The zero-order valence-corrected chi connectivity index (χ0v) is 18.4. The van der Waals surface area contributed by atoms with Crippen molar-refractivity contribution in [2.75, 3.05) is 6.61 Å². The predicted molar refractivity (Wildman–Crippen MR) is 111 cm³/mol. The molecule has 160 valence electrons. The smallest absolute Gasteiger partial charge is 0.312 e. The number of ether oxygens (including phenoxy) is 1. The van der Waals surface area contributed by atoms with E-state index in [1.807, 2.05) is 13.0 Å². The molecule has 4 nitrogen and oxygen atoms in total. The summed E-state index contributed by atoms with van der Waals surface area (Å²) in [5.74, 6) is 0.153. The topological polar surface area (TPSA) is 60.4 Å². The van der Waals surface area contributed by atoms with E-state index in [-0.39, 0.29) is 34.8 Å². The van der Waals surface area contributed by atoms with Gasteiger partial charge in [0, 0.05) is 10.8 Å². The summed E-state index contributed by atoms with van der Waals surface area (Å²) in [5.41, 5.74) is -1.48. The number of esters is 1. The summed E-state index contributed by atoms with van der Waals surface area (Å²) < 4.78 is 5.72. The standard InChI is InChI=1S/C25H36O4/c1-5-6-7-15-29-21(28)24(4)12-8-11-23(3)17(24)10-14-25-16-22(2,13-9-18(23)25)19(26)20(25)27/h5,17-18H,1,6-16H2,2-4H3/t17-,18-,22-,23+,24+,25-/m0/s1. The lowest BCUT2D eigenvalue weighted by molar-refractivity contribution is -0.188. The first-order valence-electron chi connectivity index (χ1n) is 11.5. The summed E-state index contributed by atoms with van der Waals surface area (Å²) >= 11 is 0. The average Bonchev–Trinajstić information content (AvgIpc) is 2.81. The molecule has 0 saturated heterocycles. The van der Waals surface area contributed by atoms with Crippen LogP contribution >= 0.6 is 0 Å². The molecule has 0 aromatic rings. The maximum atomic E-state index is 13.2. The Balaban J connectivity index is 1.62. The molecular formula is C25H36O4. The summed E-state index contributed by atoms with van der Waals surface area (Å²) in [6.45, 7) is 10.6. The molecule has 4 saturated carbocycles. The van der Waals surface area contributed by atoms with Gasteiger partial charge in [-0.1, -0.05) is 26.3 Å². The number of Topliss-reactive ketones (excluding diaryl/α,β-unsaturated/α-hetero) is 2. The van der Waals surface area contributed by atoms with Crippen LogP contribution in [0.25, 0.3) is 0 Å². The van der Waals surface area contributed by atoms with Crippen LogP contribution in [0.1, 0.15) is 85.0 Å². The van der Waals surface area contributed by atoms with Crippen LogP contribution in [0.5, 0.6) is 0 Å². The molecule has 4 heteroatoms.